The van der Waals surface area contributed by atoms with E-state index in [1.54, 1.807) is 13.0 Å². The highest BCUT2D eigenvalue weighted by atomic mass is 16.3. The first kappa shape index (κ1) is 12.3. The molecule has 0 fully saturated rings. The van der Waals surface area contributed by atoms with Gasteiger partial charge in [-0.15, -0.1) is 0 Å². The van der Waals surface area contributed by atoms with Gasteiger partial charge in [-0.3, -0.25) is 9.59 Å². The zero-order valence-electron chi connectivity index (χ0n) is 8.90. The summed E-state index contributed by atoms with van der Waals surface area (Å²) in [4.78, 5) is 22.5. The summed E-state index contributed by atoms with van der Waals surface area (Å²) in [5, 5.41) is 13.7. The number of carbonyl (C=O) groups is 2. The van der Waals surface area contributed by atoms with E-state index in [1.165, 1.54) is 12.3 Å². The maximum Gasteiger partial charge on any atom is 0.287 e. The Labute approximate surface area is 92.6 Å². The van der Waals surface area contributed by atoms with Crippen molar-refractivity contribution in [2.45, 2.75) is 13.0 Å². The van der Waals surface area contributed by atoms with Gasteiger partial charge in [-0.05, 0) is 19.1 Å². The standard InChI is InChI=1S/C10H14N2O4/c1-7(13)5-11-9(14)6-12-10(15)8-3-2-4-16-8/h2-4,7,13H,5-6H2,1H3,(H,11,14)(H,12,15)/t7-/m1/s1. The quantitative estimate of drug-likeness (QED) is 0.631. The van der Waals surface area contributed by atoms with Crippen molar-refractivity contribution >= 4 is 11.8 Å². The zero-order valence-corrected chi connectivity index (χ0v) is 8.90. The fourth-order valence-corrected chi connectivity index (χ4v) is 0.979. The van der Waals surface area contributed by atoms with E-state index >= 15 is 0 Å². The van der Waals surface area contributed by atoms with Crippen molar-refractivity contribution in [3.8, 4) is 0 Å². The van der Waals surface area contributed by atoms with Gasteiger partial charge in [0.2, 0.25) is 5.91 Å². The molecule has 6 nitrogen and oxygen atoms in total. The zero-order chi connectivity index (χ0) is 12.0. The van der Waals surface area contributed by atoms with Crippen molar-refractivity contribution in [2.24, 2.45) is 0 Å². The summed E-state index contributed by atoms with van der Waals surface area (Å²) in [7, 11) is 0. The molecule has 0 saturated carbocycles. The van der Waals surface area contributed by atoms with Crippen molar-refractivity contribution in [1.29, 1.82) is 0 Å². The first-order chi connectivity index (χ1) is 7.59. The van der Waals surface area contributed by atoms with Gasteiger partial charge in [0.1, 0.15) is 0 Å². The smallest absolute Gasteiger partial charge is 0.287 e. The second-order valence-corrected chi connectivity index (χ2v) is 3.31. The summed E-state index contributed by atoms with van der Waals surface area (Å²) in [5.41, 5.74) is 0. The predicted molar refractivity (Wildman–Crippen MR) is 55.7 cm³/mol. The number of carbonyl (C=O) groups excluding carboxylic acids is 2. The van der Waals surface area contributed by atoms with Crippen LogP contribution < -0.4 is 10.6 Å². The molecule has 3 N–H and O–H groups in total. The minimum absolute atomic E-state index is 0.147. The molecular weight excluding hydrogens is 212 g/mol. The molecule has 1 rings (SSSR count). The van der Waals surface area contributed by atoms with E-state index in [0.29, 0.717) is 0 Å². The third-order valence-corrected chi connectivity index (χ3v) is 1.75. The Kier molecular flexibility index (Phi) is 4.53. The number of aliphatic hydroxyl groups is 1. The van der Waals surface area contributed by atoms with Gasteiger partial charge in [0.05, 0.1) is 18.9 Å². The average molecular weight is 226 g/mol. The van der Waals surface area contributed by atoms with Gasteiger partial charge >= 0.3 is 0 Å². The van der Waals surface area contributed by atoms with Gasteiger partial charge in [-0.2, -0.15) is 0 Å². The maximum atomic E-state index is 11.3. The topological polar surface area (TPSA) is 91.6 Å². The van der Waals surface area contributed by atoms with Gasteiger partial charge in [0, 0.05) is 6.54 Å². The van der Waals surface area contributed by atoms with Crippen LogP contribution in [-0.4, -0.2) is 36.1 Å². The molecule has 0 aliphatic carbocycles. The number of aliphatic hydroxyl groups excluding tert-OH is 1. The summed E-state index contributed by atoms with van der Waals surface area (Å²) in [6.45, 7) is 1.57. The van der Waals surface area contributed by atoms with Crippen LogP contribution in [0.25, 0.3) is 0 Å². The number of hydrogen-bond acceptors (Lipinski definition) is 4. The van der Waals surface area contributed by atoms with Crippen LogP contribution in [0.3, 0.4) is 0 Å². The average Bonchev–Trinajstić information content (AvgIpc) is 2.76. The van der Waals surface area contributed by atoms with Crippen LogP contribution in [0.15, 0.2) is 22.8 Å². The van der Waals surface area contributed by atoms with Gasteiger partial charge in [0.15, 0.2) is 5.76 Å². The molecule has 0 aromatic carbocycles. The second-order valence-electron chi connectivity index (χ2n) is 3.31. The SMILES string of the molecule is C[C@@H](O)CNC(=O)CNC(=O)c1ccco1. The molecule has 0 spiro atoms. The van der Waals surface area contributed by atoms with E-state index in [4.69, 9.17) is 9.52 Å². The molecule has 0 bridgehead atoms. The lowest BCUT2D eigenvalue weighted by Crippen LogP contribution is -2.39. The van der Waals surface area contributed by atoms with Crippen LogP contribution in [0.1, 0.15) is 17.5 Å². The Hall–Kier alpha value is -1.82. The van der Waals surface area contributed by atoms with E-state index in [-0.39, 0.29) is 24.8 Å². The molecule has 16 heavy (non-hydrogen) atoms. The van der Waals surface area contributed by atoms with Crippen LogP contribution in [-0.2, 0) is 4.79 Å². The third-order valence-electron chi connectivity index (χ3n) is 1.75. The maximum absolute atomic E-state index is 11.3. The highest BCUT2D eigenvalue weighted by Crippen LogP contribution is 1.98. The largest absolute Gasteiger partial charge is 0.459 e. The minimum atomic E-state index is -0.607. The summed E-state index contributed by atoms with van der Waals surface area (Å²) >= 11 is 0. The summed E-state index contributed by atoms with van der Waals surface area (Å²) in [5.74, 6) is -0.652. The van der Waals surface area contributed by atoms with Crippen molar-refractivity contribution in [1.82, 2.24) is 10.6 Å². The molecule has 0 radical (unpaired) electrons. The fraction of sp³-hybridized carbons (Fsp3) is 0.400. The lowest BCUT2D eigenvalue weighted by molar-refractivity contribution is -0.120. The van der Waals surface area contributed by atoms with Crippen molar-refractivity contribution in [3.63, 3.8) is 0 Å². The Balaban J connectivity index is 2.24. The predicted octanol–water partition coefficient (Wildman–Crippen LogP) is -0.494. The number of furan rings is 1. The molecule has 6 heteroatoms. The van der Waals surface area contributed by atoms with Crippen LogP contribution in [0.2, 0.25) is 0 Å². The first-order valence-electron chi connectivity index (χ1n) is 4.86. The lowest BCUT2D eigenvalue weighted by atomic mass is 10.4. The molecule has 1 aromatic heterocycles. The minimum Gasteiger partial charge on any atom is -0.459 e. The first-order valence-corrected chi connectivity index (χ1v) is 4.86. The number of amides is 2. The van der Waals surface area contributed by atoms with E-state index in [9.17, 15) is 9.59 Å². The Morgan fingerprint density at radius 1 is 1.50 bits per heavy atom. The van der Waals surface area contributed by atoms with Crippen LogP contribution >= 0.6 is 0 Å². The highest BCUT2D eigenvalue weighted by Gasteiger charge is 2.09. The fourth-order valence-electron chi connectivity index (χ4n) is 0.979. The number of rotatable bonds is 5. The van der Waals surface area contributed by atoms with Gasteiger partial charge in [-0.1, -0.05) is 0 Å². The second kappa shape index (κ2) is 5.92. The molecule has 2 amide bonds. The van der Waals surface area contributed by atoms with Crippen LogP contribution in [0, 0.1) is 0 Å². The summed E-state index contributed by atoms with van der Waals surface area (Å²) in [6.07, 6.45) is 0.771. The van der Waals surface area contributed by atoms with E-state index in [1.807, 2.05) is 0 Å². The highest BCUT2D eigenvalue weighted by molar-refractivity contribution is 5.94. The van der Waals surface area contributed by atoms with Crippen molar-refractivity contribution in [3.05, 3.63) is 24.2 Å². The molecule has 0 unspecified atom stereocenters. The van der Waals surface area contributed by atoms with E-state index < -0.39 is 12.0 Å². The van der Waals surface area contributed by atoms with Crippen molar-refractivity contribution < 1.29 is 19.1 Å². The molecule has 0 saturated heterocycles. The normalized spacial score (nSPS) is 11.9. The van der Waals surface area contributed by atoms with E-state index in [2.05, 4.69) is 10.6 Å². The third kappa shape index (κ3) is 4.14. The van der Waals surface area contributed by atoms with Crippen molar-refractivity contribution in [2.75, 3.05) is 13.1 Å². The number of nitrogens with one attached hydrogen (secondary N) is 2. The van der Waals surface area contributed by atoms with Crippen LogP contribution in [0.4, 0.5) is 0 Å². The van der Waals surface area contributed by atoms with Crippen LogP contribution in [0.5, 0.6) is 0 Å². The molecule has 0 aliphatic rings. The molecule has 88 valence electrons. The Bertz CT molecular complexity index is 346. The molecular formula is C10H14N2O4. The Morgan fingerprint density at radius 2 is 2.25 bits per heavy atom. The summed E-state index contributed by atoms with van der Waals surface area (Å²) in [6, 6.07) is 3.09. The molecule has 1 aromatic rings. The van der Waals surface area contributed by atoms with Gasteiger partial charge in [-0.25, -0.2) is 0 Å². The summed E-state index contributed by atoms with van der Waals surface area (Å²) < 4.78 is 4.84. The molecule has 1 heterocycles. The molecule has 1 atom stereocenters. The molecule has 0 aliphatic heterocycles. The number of hydrogen-bond donors (Lipinski definition) is 3. The monoisotopic (exact) mass is 226 g/mol. The van der Waals surface area contributed by atoms with E-state index in [0.717, 1.165) is 0 Å². The van der Waals surface area contributed by atoms with Gasteiger partial charge in [0.25, 0.3) is 5.91 Å². The van der Waals surface area contributed by atoms with Gasteiger partial charge < -0.3 is 20.2 Å². The lowest BCUT2D eigenvalue weighted by Gasteiger charge is -2.07. The Morgan fingerprint density at radius 3 is 2.81 bits per heavy atom.